The third kappa shape index (κ3) is 5.73. The van der Waals surface area contributed by atoms with E-state index >= 15 is 0 Å². The van der Waals surface area contributed by atoms with Crippen LogP contribution in [0.4, 0.5) is 17.1 Å². The first-order chi connectivity index (χ1) is 29.7. The van der Waals surface area contributed by atoms with E-state index in [2.05, 4.69) is 223 Å². The van der Waals surface area contributed by atoms with E-state index in [1.54, 1.807) is 0 Å². The molecule has 0 amide bonds. The first-order valence-electron chi connectivity index (χ1n) is 20.6. The topological polar surface area (TPSA) is 16.4 Å². The summed E-state index contributed by atoms with van der Waals surface area (Å²) in [5.74, 6) is 0. The monoisotopic (exact) mass is 763 g/mol. The summed E-state index contributed by atoms with van der Waals surface area (Å²) in [6, 6.07) is 81.3. The molecule has 0 N–H and O–H groups in total. The van der Waals surface area contributed by atoms with Gasteiger partial charge in [-0.1, -0.05) is 170 Å². The summed E-state index contributed by atoms with van der Waals surface area (Å²) < 4.78 is 6.41. The first kappa shape index (κ1) is 34.1. The van der Waals surface area contributed by atoms with E-state index in [1.165, 1.54) is 70.9 Å². The number of hydrogen-bond donors (Lipinski definition) is 0. The van der Waals surface area contributed by atoms with Gasteiger partial charge in [-0.15, -0.1) is 0 Å². The second-order valence-electron chi connectivity index (χ2n) is 15.7. The van der Waals surface area contributed by atoms with Crippen LogP contribution in [-0.2, 0) is 0 Å². The Morgan fingerprint density at radius 3 is 1.52 bits per heavy atom. The number of nitrogens with zero attached hydrogens (tertiary/aromatic N) is 1. The molecule has 0 radical (unpaired) electrons. The molecule has 0 fully saturated rings. The molecule has 1 aromatic heterocycles. The lowest BCUT2D eigenvalue weighted by atomic mass is 9.96. The fourth-order valence-electron chi connectivity index (χ4n) is 9.23. The van der Waals surface area contributed by atoms with Crippen LogP contribution < -0.4 is 4.90 Å². The summed E-state index contributed by atoms with van der Waals surface area (Å²) in [4.78, 5) is 2.37. The van der Waals surface area contributed by atoms with Crippen molar-refractivity contribution >= 4 is 82.1 Å². The molecule has 12 aromatic rings. The van der Waals surface area contributed by atoms with Gasteiger partial charge in [0, 0.05) is 16.8 Å². The van der Waals surface area contributed by atoms with Gasteiger partial charge in [0.25, 0.3) is 0 Å². The highest BCUT2D eigenvalue weighted by Crippen LogP contribution is 2.44. The minimum Gasteiger partial charge on any atom is -0.456 e. The smallest absolute Gasteiger partial charge is 0.137 e. The molecule has 0 saturated carbocycles. The highest BCUT2D eigenvalue weighted by Gasteiger charge is 2.20. The fraction of sp³-hybridized carbons (Fsp3) is 0. The van der Waals surface area contributed by atoms with E-state index in [0.29, 0.717) is 0 Å². The Morgan fingerprint density at radius 1 is 0.267 bits per heavy atom. The molecule has 2 heteroatoms. The zero-order valence-electron chi connectivity index (χ0n) is 32.7. The number of anilines is 3. The molecule has 1 heterocycles. The zero-order valence-corrected chi connectivity index (χ0v) is 32.7. The van der Waals surface area contributed by atoms with Crippen LogP contribution in [0.15, 0.2) is 229 Å². The van der Waals surface area contributed by atoms with Crippen molar-refractivity contribution in [3.63, 3.8) is 0 Å². The molecular weight excluding hydrogens is 727 g/mol. The minimum atomic E-state index is 0.868. The molecule has 0 spiro atoms. The van der Waals surface area contributed by atoms with E-state index in [0.717, 1.165) is 44.6 Å². The van der Waals surface area contributed by atoms with Crippen molar-refractivity contribution in [2.24, 2.45) is 0 Å². The molecule has 12 rings (SSSR count). The SMILES string of the molecule is c1cc(-c2ccc(-c3ccc4c(ccc5ccccc54)c3)cc2)cc(N(c2ccc(-c3ccc4ccc5ccccc5c4c3)cc2)c2cccc3oc4ccccc4c23)c1. The van der Waals surface area contributed by atoms with E-state index in [1.807, 2.05) is 6.07 Å². The lowest BCUT2D eigenvalue weighted by molar-refractivity contribution is 0.669. The molecular formula is C58H37NO. The summed E-state index contributed by atoms with van der Waals surface area (Å²) in [5.41, 5.74) is 12.1. The van der Waals surface area contributed by atoms with Gasteiger partial charge < -0.3 is 9.32 Å². The lowest BCUT2D eigenvalue weighted by Crippen LogP contribution is -2.10. The summed E-state index contributed by atoms with van der Waals surface area (Å²) in [6.07, 6.45) is 0. The van der Waals surface area contributed by atoms with Crippen molar-refractivity contribution < 1.29 is 4.42 Å². The number of benzene rings is 11. The normalized spacial score (nSPS) is 11.7. The van der Waals surface area contributed by atoms with E-state index in [-0.39, 0.29) is 0 Å². The Labute approximate surface area is 347 Å². The lowest BCUT2D eigenvalue weighted by Gasteiger charge is -2.27. The third-order valence-electron chi connectivity index (χ3n) is 12.2. The van der Waals surface area contributed by atoms with Crippen LogP contribution in [-0.4, -0.2) is 0 Å². The van der Waals surface area contributed by atoms with Crippen molar-refractivity contribution in [2.45, 2.75) is 0 Å². The summed E-state index contributed by atoms with van der Waals surface area (Å²) in [5, 5.41) is 12.3. The number of furan rings is 1. The zero-order chi connectivity index (χ0) is 39.6. The second kappa shape index (κ2) is 13.9. The average Bonchev–Trinajstić information content (AvgIpc) is 3.71. The van der Waals surface area contributed by atoms with Crippen molar-refractivity contribution in [3.8, 4) is 33.4 Å². The van der Waals surface area contributed by atoms with Gasteiger partial charge in [-0.3, -0.25) is 0 Å². The summed E-state index contributed by atoms with van der Waals surface area (Å²) in [7, 11) is 0. The number of hydrogen-bond acceptors (Lipinski definition) is 2. The maximum absolute atomic E-state index is 6.41. The van der Waals surface area contributed by atoms with Gasteiger partial charge in [-0.2, -0.15) is 0 Å². The number of para-hydroxylation sites is 1. The first-order valence-corrected chi connectivity index (χ1v) is 20.6. The minimum absolute atomic E-state index is 0.868. The largest absolute Gasteiger partial charge is 0.456 e. The highest BCUT2D eigenvalue weighted by atomic mass is 16.3. The predicted molar refractivity (Wildman–Crippen MR) is 255 cm³/mol. The van der Waals surface area contributed by atoms with Crippen molar-refractivity contribution in [2.75, 3.05) is 4.90 Å². The van der Waals surface area contributed by atoms with Gasteiger partial charge in [0.2, 0.25) is 0 Å². The summed E-state index contributed by atoms with van der Waals surface area (Å²) >= 11 is 0. The molecule has 0 atom stereocenters. The van der Waals surface area contributed by atoms with Gasteiger partial charge in [0.05, 0.1) is 11.1 Å². The van der Waals surface area contributed by atoms with Gasteiger partial charge in [0.1, 0.15) is 11.2 Å². The third-order valence-corrected chi connectivity index (χ3v) is 12.2. The van der Waals surface area contributed by atoms with Crippen LogP contribution in [0.25, 0.3) is 98.4 Å². The summed E-state index contributed by atoms with van der Waals surface area (Å²) in [6.45, 7) is 0. The van der Waals surface area contributed by atoms with Gasteiger partial charge in [-0.25, -0.2) is 0 Å². The predicted octanol–water partition coefficient (Wildman–Crippen LogP) is 16.7. The standard InChI is InChI=1S/C58H37NO/c1-3-13-50-41(9-1)26-28-47-35-45(31-34-52(47)50)39-21-19-38(20-22-39)44-11-7-12-49(36-44)59(55-16-8-18-57-58(55)53-15-5-6-17-56(53)60-57)48-32-29-40(30-33-48)46-27-25-43-24-23-42-10-2-4-14-51(42)54(43)37-46/h1-37H. The van der Waals surface area contributed by atoms with Crippen molar-refractivity contribution in [1.29, 1.82) is 0 Å². The molecule has 11 aromatic carbocycles. The Kier molecular flexibility index (Phi) is 7.89. The van der Waals surface area contributed by atoms with Crippen LogP contribution in [0.5, 0.6) is 0 Å². The van der Waals surface area contributed by atoms with E-state index in [9.17, 15) is 0 Å². The average molecular weight is 764 g/mol. The van der Waals surface area contributed by atoms with Crippen LogP contribution >= 0.6 is 0 Å². The molecule has 2 nitrogen and oxygen atoms in total. The number of rotatable bonds is 6. The fourth-order valence-corrected chi connectivity index (χ4v) is 9.23. The molecule has 0 aliphatic carbocycles. The maximum Gasteiger partial charge on any atom is 0.137 e. The highest BCUT2D eigenvalue weighted by molar-refractivity contribution is 6.14. The Morgan fingerprint density at radius 2 is 0.767 bits per heavy atom. The van der Waals surface area contributed by atoms with Crippen LogP contribution in [0.1, 0.15) is 0 Å². The van der Waals surface area contributed by atoms with Crippen molar-refractivity contribution in [1.82, 2.24) is 0 Å². The van der Waals surface area contributed by atoms with Crippen LogP contribution in [0, 0.1) is 0 Å². The molecule has 0 unspecified atom stereocenters. The van der Waals surface area contributed by atoms with Gasteiger partial charge >= 0.3 is 0 Å². The van der Waals surface area contributed by atoms with Crippen LogP contribution in [0.2, 0.25) is 0 Å². The van der Waals surface area contributed by atoms with E-state index in [4.69, 9.17) is 4.42 Å². The Balaban J connectivity index is 0.941. The molecule has 0 aliphatic heterocycles. The molecule has 0 aliphatic rings. The van der Waals surface area contributed by atoms with Crippen molar-refractivity contribution in [3.05, 3.63) is 224 Å². The van der Waals surface area contributed by atoms with Gasteiger partial charge in [0.15, 0.2) is 0 Å². The molecule has 280 valence electrons. The Hall–Kier alpha value is -7.94. The molecule has 60 heavy (non-hydrogen) atoms. The maximum atomic E-state index is 6.41. The van der Waals surface area contributed by atoms with Crippen LogP contribution in [0.3, 0.4) is 0 Å². The number of fused-ring (bicyclic) bond motifs is 9. The molecule has 0 bridgehead atoms. The molecule has 0 saturated heterocycles. The van der Waals surface area contributed by atoms with E-state index < -0.39 is 0 Å². The Bertz CT molecular complexity index is 3600. The quantitative estimate of drug-likeness (QED) is 0.157. The van der Waals surface area contributed by atoms with Gasteiger partial charge in [-0.05, 0) is 131 Å². The second-order valence-corrected chi connectivity index (χ2v) is 15.7.